The number of nitrogens with zero attached hydrogens (tertiary/aromatic N) is 2. The quantitative estimate of drug-likeness (QED) is 0.722. The van der Waals surface area contributed by atoms with Gasteiger partial charge in [0.05, 0.1) is 0 Å². The smallest absolute Gasteiger partial charge is 0.339 e. The van der Waals surface area contributed by atoms with Crippen molar-refractivity contribution in [1.29, 1.82) is 0 Å². The molecule has 1 heterocycles. The zero-order valence-electron chi connectivity index (χ0n) is 6.44. The second-order valence-electron chi connectivity index (χ2n) is 2.34. The highest BCUT2D eigenvalue weighted by molar-refractivity contribution is 6.17. The largest absolute Gasteiger partial charge is 0.396 e. The van der Waals surface area contributed by atoms with Crippen LogP contribution < -0.4 is 0 Å². The van der Waals surface area contributed by atoms with Gasteiger partial charge < -0.3 is 4.52 Å². The molecule has 0 bridgehead atoms. The Morgan fingerprint density at radius 2 is 2.08 bits per heavy atom. The topological polar surface area (TPSA) is 38.9 Å². The number of aryl methyl sites for hydroxylation is 1. The summed E-state index contributed by atoms with van der Waals surface area (Å²) in [6.45, 7) is 0. The molecule has 74 valence electrons. The van der Waals surface area contributed by atoms with Gasteiger partial charge in [-0.3, -0.25) is 0 Å². The summed E-state index contributed by atoms with van der Waals surface area (Å²) in [5.41, 5.74) is 0. The highest BCUT2D eigenvalue weighted by Crippen LogP contribution is 2.19. The third-order valence-corrected chi connectivity index (χ3v) is 1.37. The summed E-state index contributed by atoms with van der Waals surface area (Å²) >= 11 is 5.33. The Morgan fingerprint density at radius 3 is 2.62 bits per heavy atom. The first-order chi connectivity index (χ1) is 6.01. The fraction of sp³-hybridized carbons (Fsp3) is 0.667. The predicted octanol–water partition coefficient (Wildman–Crippen LogP) is 1.96. The van der Waals surface area contributed by atoms with Gasteiger partial charge in [0.25, 0.3) is 0 Å². The summed E-state index contributed by atoms with van der Waals surface area (Å²) in [5, 5.41) is 3.16. The first kappa shape index (κ1) is 10.3. The van der Waals surface area contributed by atoms with Crippen LogP contribution in [-0.4, -0.2) is 22.2 Å². The number of rotatable bonds is 3. The molecule has 0 aliphatic heterocycles. The zero-order chi connectivity index (χ0) is 9.90. The molecule has 0 aliphatic carbocycles. The average molecular weight is 215 g/mol. The molecule has 1 aromatic rings. The Kier molecular flexibility index (Phi) is 3.13. The van der Waals surface area contributed by atoms with Gasteiger partial charge >= 0.3 is 6.18 Å². The van der Waals surface area contributed by atoms with Crippen LogP contribution in [0.25, 0.3) is 0 Å². The summed E-state index contributed by atoms with van der Waals surface area (Å²) in [7, 11) is 0. The first-order valence-corrected chi connectivity index (χ1v) is 3.99. The Morgan fingerprint density at radius 1 is 1.38 bits per heavy atom. The molecular formula is C6H6ClF3N2O. The van der Waals surface area contributed by atoms with Crippen LogP contribution in [0, 0.1) is 0 Å². The Bertz CT molecular complexity index is 273. The molecule has 0 saturated heterocycles. The third-order valence-electron chi connectivity index (χ3n) is 1.18. The molecule has 0 amide bonds. The van der Waals surface area contributed by atoms with E-state index >= 15 is 0 Å². The Hall–Kier alpha value is -0.780. The number of hydrogen-bond donors (Lipinski definition) is 0. The van der Waals surface area contributed by atoms with Crippen molar-refractivity contribution >= 4 is 11.6 Å². The maximum absolute atomic E-state index is 11.8. The standard InChI is InChI=1S/C6H6ClF3N2O/c7-2-1-5-11-4(12-13-5)3-6(8,9)10/h1-3H2. The summed E-state index contributed by atoms with van der Waals surface area (Å²) in [6.07, 6.45) is -5.19. The lowest BCUT2D eigenvalue weighted by Gasteiger charge is -1.99. The molecule has 0 radical (unpaired) electrons. The van der Waals surface area contributed by atoms with Crippen LogP contribution in [0.15, 0.2) is 4.52 Å². The van der Waals surface area contributed by atoms with Crippen molar-refractivity contribution in [2.45, 2.75) is 19.0 Å². The van der Waals surface area contributed by atoms with Gasteiger partial charge in [0.1, 0.15) is 6.42 Å². The van der Waals surface area contributed by atoms with Crippen LogP contribution in [0.5, 0.6) is 0 Å². The average Bonchev–Trinajstić information content (AvgIpc) is 2.33. The van der Waals surface area contributed by atoms with Gasteiger partial charge in [-0.2, -0.15) is 18.2 Å². The number of alkyl halides is 4. The van der Waals surface area contributed by atoms with E-state index in [0.29, 0.717) is 0 Å². The van der Waals surface area contributed by atoms with Crippen LogP contribution >= 0.6 is 11.6 Å². The van der Waals surface area contributed by atoms with Crippen molar-refractivity contribution in [2.24, 2.45) is 0 Å². The second-order valence-corrected chi connectivity index (χ2v) is 2.71. The van der Waals surface area contributed by atoms with E-state index in [1.54, 1.807) is 0 Å². The molecule has 0 saturated carbocycles. The third kappa shape index (κ3) is 3.63. The van der Waals surface area contributed by atoms with Crippen molar-refractivity contribution in [2.75, 3.05) is 5.88 Å². The molecule has 0 atom stereocenters. The summed E-state index contributed by atoms with van der Waals surface area (Å²) in [4.78, 5) is 3.50. The lowest BCUT2D eigenvalue weighted by atomic mass is 10.4. The van der Waals surface area contributed by atoms with E-state index in [9.17, 15) is 13.2 Å². The van der Waals surface area contributed by atoms with E-state index < -0.39 is 12.6 Å². The van der Waals surface area contributed by atoms with Gasteiger partial charge in [-0.05, 0) is 0 Å². The highest BCUT2D eigenvalue weighted by Gasteiger charge is 2.30. The molecule has 0 spiro atoms. The van der Waals surface area contributed by atoms with Gasteiger partial charge in [0.15, 0.2) is 5.82 Å². The molecule has 0 N–H and O–H groups in total. The molecule has 13 heavy (non-hydrogen) atoms. The minimum atomic E-state index is -4.30. The fourth-order valence-electron chi connectivity index (χ4n) is 0.724. The number of halogens is 4. The molecule has 3 nitrogen and oxygen atoms in total. The van der Waals surface area contributed by atoms with Crippen molar-refractivity contribution < 1.29 is 17.7 Å². The van der Waals surface area contributed by atoms with Gasteiger partial charge in [-0.25, -0.2) is 0 Å². The van der Waals surface area contributed by atoms with Gasteiger partial charge in [0.2, 0.25) is 5.89 Å². The van der Waals surface area contributed by atoms with E-state index in [1.165, 1.54) is 0 Å². The van der Waals surface area contributed by atoms with Crippen molar-refractivity contribution in [1.82, 2.24) is 10.1 Å². The fourth-order valence-corrected chi connectivity index (χ4v) is 0.885. The van der Waals surface area contributed by atoms with E-state index in [-0.39, 0.29) is 24.0 Å². The van der Waals surface area contributed by atoms with E-state index in [4.69, 9.17) is 11.6 Å². The minimum Gasteiger partial charge on any atom is -0.339 e. The highest BCUT2D eigenvalue weighted by atomic mass is 35.5. The zero-order valence-corrected chi connectivity index (χ0v) is 7.19. The number of aromatic nitrogens is 2. The van der Waals surface area contributed by atoms with Crippen LogP contribution in [0.1, 0.15) is 11.7 Å². The van der Waals surface area contributed by atoms with Crippen LogP contribution in [0.3, 0.4) is 0 Å². The van der Waals surface area contributed by atoms with Gasteiger partial charge in [0, 0.05) is 12.3 Å². The van der Waals surface area contributed by atoms with E-state index in [1.807, 2.05) is 0 Å². The molecular weight excluding hydrogens is 209 g/mol. The van der Waals surface area contributed by atoms with Gasteiger partial charge in [-0.15, -0.1) is 11.6 Å². The van der Waals surface area contributed by atoms with Crippen molar-refractivity contribution in [3.05, 3.63) is 11.7 Å². The van der Waals surface area contributed by atoms with Gasteiger partial charge in [-0.1, -0.05) is 5.16 Å². The molecule has 0 aliphatic rings. The maximum atomic E-state index is 11.8. The summed E-state index contributed by atoms with van der Waals surface area (Å²) in [5.74, 6) is 0.0232. The van der Waals surface area contributed by atoms with Crippen molar-refractivity contribution in [3.63, 3.8) is 0 Å². The molecule has 0 aromatic carbocycles. The lowest BCUT2D eigenvalue weighted by Crippen LogP contribution is -2.12. The minimum absolute atomic E-state index is 0.134. The molecule has 0 fully saturated rings. The number of hydrogen-bond acceptors (Lipinski definition) is 3. The van der Waals surface area contributed by atoms with Crippen LogP contribution in [0.2, 0.25) is 0 Å². The summed E-state index contributed by atoms with van der Waals surface area (Å²) < 4.78 is 39.9. The SMILES string of the molecule is FC(F)(F)Cc1noc(CCCl)n1. The molecule has 1 rings (SSSR count). The predicted molar refractivity (Wildman–Crippen MR) is 38.5 cm³/mol. The van der Waals surface area contributed by atoms with E-state index in [2.05, 4.69) is 14.7 Å². The first-order valence-electron chi connectivity index (χ1n) is 3.45. The van der Waals surface area contributed by atoms with Crippen LogP contribution in [0.4, 0.5) is 13.2 Å². The van der Waals surface area contributed by atoms with Crippen LogP contribution in [-0.2, 0) is 12.8 Å². The van der Waals surface area contributed by atoms with E-state index in [0.717, 1.165) is 0 Å². The monoisotopic (exact) mass is 214 g/mol. The molecule has 7 heteroatoms. The normalized spacial score (nSPS) is 12.0. The Balaban J connectivity index is 2.59. The maximum Gasteiger partial charge on any atom is 0.396 e. The Labute approximate surface area is 76.9 Å². The molecule has 1 aromatic heterocycles. The summed E-state index contributed by atoms with van der Waals surface area (Å²) in [6, 6.07) is 0. The molecule has 0 unspecified atom stereocenters. The van der Waals surface area contributed by atoms with Crippen molar-refractivity contribution in [3.8, 4) is 0 Å². The second kappa shape index (κ2) is 3.95. The lowest BCUT2D eigenvalue weighted by molar-refractivity contribution is -0.128.